The molecule has 144 valence electrons. The van der Waals surface area contributed by atoms with Gasteiger partial charge in [0.05, 0.1) is 22.7 Å². The number of rotatable bonds is 4. The normalized spacial score (nSPS) is 21.0. The van der Waals surface area contributed by atoms with Gasteiger partial charge in [-0.3, -0.25) is 0 Å². The lowest BCUT2D eigenvalue weighted by Gasteiger charge is -2.34. The Morgan fingerprint density at radius 3 is 2.11 bits per heavy atom. The Bertz CT molecular complexity index is 896. The molecule has 2 unspecified atom stereocenters. The van der Waals surface area contributed by atoms with E-state index in [1.54, 1.807) is 12.1 Å². The lowest BCUT2D eigenvalue weighted by Crippen LogP contribution is -2.48. The van der Waals surface area contributed by atoms with Crippen molar-refractivity contribution in [2.75, 3.05) is 13.1 Å². The summed E-state index contributed by atoms with van der Waals surface area (Å²) in [6.07, 6.45) is -0.320. The van der Waals surface area contributed by atoms with E-state index >= 15 is 0 Å². The molecule has 0 amide bonds. The molecule has 1 aliphatic rings. The largest absolute Gasteiger partial charge is 0.423 e. The number of aryl methyl sites for hydroxylation is 1. The molecule has 27 heavy (non-hydrogen) atoms. The molecule has 1 heterocycles. The van der Waals surface area contributed by atoms with Gasteiger partial charge in [-0.15, -0.1) is 0 Å². The van der Waals surface area contributed by atoms with Gasteiger partial charge in [-0.1, -0.05) is 17.7 Å². The van der Waals surface area contributed by atoms with E-state index in [1.807, 2.05) is 32.9 Å². The lowest BCUT2D eigenvalue weighted by atomic mass is 10.2. The highest BCUT2D eigenvalue weighted by atomic mass is 32.2. The summed E-state index contributed by atoms with van der Waals surface area (Å²) in [4.78, 5) is 12.4. The van der Waals surface area contributed by atoms with E-state index in [-0.39, 0.29) is 17.1 Å². The summed E-state index contributed by atoms with van der Waals surface area (Å²) in [6.45, 7) is 6.26. The third-order valence-electron chi connectivity index (χ3n) is 4.35. The molecule has 7 heteroatoms. The summed E-state index contributed by atoms with van der Waals surface area (Å²) >= 11 is 0. The Labute approximate surface area is 159 Å². The molecule has 0 radical (unpaired) electrons. The number of sulfonamides is 1. The first kappa shape index (κ1) is 19.5. The number of ether oxygens (including phenoxy) is 2. The molecular formula is C20H23NO5S. The molecule has 2 aromatic rings. The van der Waals surface area contributed by atoms with Crippen molar-refractivity contribution in [3.63, 3.8) is 0 Å². The fraction of sp³-hybridized carbons (Fsp3) is 0.350. The van der Waals surface area contributed by atoms with E-state index in [2.05, 4.69) is 0 Å². The van der Waals surface area contributed by atoms with Crippen LogP contribution in [0.25, 0.3) is 0 Å². The van der Waals surface area contributed by atoms with Crippen LogP contribution in [-0.4, -0.2) is 44.0 Å². The van der Waals surface area contributed by atoms with Crippen molar-refractivity contribution >= 4 is 16.0 Å². The predicted octanol–water partition coefficient (Wildman–Crippen LogP) is 3.01. The topological polar surface area (TPSA) is 72.9 Å². The molecular weight excluding hydrogens is 366 g/mol. The van der Waals surface area contributed by atoms with E-state index in [1.165, 1.54) is 28.6 Å². The van der Waals surface area contributed by atoms with Gasteiger partial charge in [0.25, 0.3) is 0 Å². The molecule has 1 fully saturated rings. The average Bonchev–Trinajstić information content (AvgIpc) is 2.63. The van der Waals surface area contributed by atoms with Gasteiger partial charge in [-0.2, -0.15) is 4.31 Å². The number of carbonyl (C=O) groups is 1. The van der Waals surface area contributed by atoms with Crippen LogP contribution in [-0.2, 0) is 14.8 Å². The third kappa shape index (κ3) is 4.55. The Kier molecular flexibility index (Phi) is 5.64. The fourth-order valence-electron chi connectivity index (χ4n) is 3.01. The zero-order valence-corrected chi connectivity index (χ0v) is 16.4. The van der Waals surface area contributed by atoms with E-state index in [0.29, 0.717) is 24.4 Å². The van der Waals surface area contributed by atoms with E-state index in [9.17, 15) is 13.2 Å². The Morgan fingerprint density at radius 2 is 1.56 bits per heavy atom. The quantitative estimate of drug-likeness (QED) is 0.594. The molecule has 2 atom stereocenters. The molecule has 0 N–H and O–H groups in total. The fourth-order valence-corrected chi connectivity index (χ4v) is 4.60. The minimum atomic E-state index is -3.63. The van der Waals surface area contributed by atoms with Crippen molar-refractivity contribution in [3.8, 4) is 5.75 Å². The van der Waals surface area contributed by atoms with Crippen LogP contribution in [0.5, 0.6) is 5.75 Å². The summed E-state index contributed by atoms with van der Waals surface area (Å²) in [5.41, 5.74) is 1.36. The number of hydrogen-bond donors (Lipinski definition) is 0. The highest BCUT2D eigenvalue weighted by Crippen LogP contribution is 2.22. The number of esters is 1. The van der Waals surface area contributed by atoms with E-state index < -0.39 is 16.0 Å². The third-order valence-corrected chi connectivity index (χ3v) is 6.19. The van der Waals surface area contributed by atoms with Crippen LogP contribution >= 0.6 is 0 Å². The van der Waals surface area contributed by atoms with Crippen molar-refractivity contribution in [1.29, 1.82) is 0 Å². The first-order chi connectivity index (χ1) is 12.8. The second-order valence-corrected chi connectivity index (χ2v) is 8.74. The van der Waals surface area contributed by atoms with Crippen LogP contribution in [0.1, 0.15) is 29.8 Å². The van der Waals surface area contributed by atoms with Crippen molar-refractivity contribution in [2.24, 2.45) is 0 Å². The molecule has 1 aliphatic heterocycles. The maximum absolute atomic E-state index is 12.8. The predicted molar refractivity (Wildman–Crippen MR) is 101 cm³/mol. The van der Waals surface area contributed by atoms with E-state index in [4.69, 9.17) is 9.47 Å². The molecule has 6 nitrogen and oxygen atoms in total. The molecule has 3 rings (SSSR count). The second kappa shape index (κ2) is 7.80. The minimum absolute atomic E-state index is 0.149. The van der Waals surface area contributed by atoms with Gasteiger partial charge >= 0.3 is 5.97 Å². The summed E-state index contributed by atoms with van der Waals surface area (Å²) in [5, 5.41) is 0. The average molecular weight is 389 g/mol. The molecule has 0 aliphatic carbocycles. The maximum atomic E-state index is 12.8. The second-order valence-electron chi connectivity index (χ2n) is 6.81. The van der Waals surface area contributed by atoms with Gasteiger partial charge in [-0.05, 0) is 57.2 Å². The Morgan fingerprint density at radius 1 is 1.00 bits per heavy atom. The van der Waals surface area contributed by atoms with Gasteiger partial charge in [0.2, 0.25) is 10.0 Å². The van der Waals surface area contributed by atoms with Crippen LogP contribution in [0.3, 0.4) is 0 Å². The standard InChI is InChI=1S/C20H23NO5S/c1-14-4-8-18(9-5-14)26-20(22)17-6-10-19(11-7-17)27(23,24)21-12-15(2)25-16(3)13-21/h4-11,15-16H,12-13H2,1-3H3. The SMILES string of the molecule is Cc1ccc(OC(=O)c2ccc(S(=O)(=O)N3CC(C)OC(C)C3)cc2)cc1. The highest BCUT2D eigenvalue weighted by Gasteiger charge is 2.32. The van der Waals surface area contributed by atoms with Crippen LogP contribution in [0, 0.1) is 6.92 Å². The summed E-state index contributed by atoms with van der Waals surface area (Å²) in [6, 6.07) is 12.9. The number of morpholine rings is 1. The first-order valence-corrected chi connectivity index (χ1v) is 10.2. The van der Waals surface area contributed by atoms with Crippen molar-refractivity contribution < 1.29 is 22.7 Å². The smallest absolute Gasteiger partial charge is 0.343 e. The molecule has 0 bridgehead atoms. The maximum Gasteiger partial charge on any atom is 0.343 e. The zero-order valence-electron chi connectivity index (χ0n) is 15.6. The number of hydrogen-bond acceptors (Lipinski definition) is 5. The number of nitrogens with zero attached hydrogens (tertiary/aromatic N) is 1. The molecule has 0 saturated carbocycles. The number of benzene rings is 2. The summed E-state index contributed by atoms with van der Waals surface area (Å²) in [5.74, 6) is -0.0880. The molecule has 0 aromatic heterocycles. The van der Waals surface area contributed by atoms with Crippen molar-refractivity contribution in [1.82, 2.24) is 4.31 Å². The van der Waals surface area contributed by atoms with Crippen LogP contribution < -0.4 is 4.74 Å². The van der Waals surface area contributed by atoms with Gasteiger partial charge in [-0.25, -0.2) is 13.2 Å². The minimum Gasteiger partial charge on any atom is -0.423 e. The van der Waals surface area contributed by atoms with Crippen LogP contribution in [0.4, 0.5) is 0 Å². The summed E-state index contributed by atoms with van der Waals surface area (Å²) < 4.78 is 38.0. The van der Waals surface area contributed by atoms with Crippen LogP contribution in [0.2, 0.25) is 0 Å². The van der Waals surface area contributed by atoms with Gasteiger partial charge < -0.3 is 9.47 Å². The first-order valence-electron chi connectivity index (χ1n) is 8.80. The lowest BCUT2D eigenvalue weighted by molar-refractivity contribution is -0.0440. The zero-order chi connectivity index (χ0) is 19.6. The molecule has 1 saturated heterocycles. The Balaban J connectivity index is 1.74. The molecule has 2 aromatic carbocycles. The Hall–Kier alpha value is -2.22. The van der Waals surface area contributed by atoms with Gasteiger partial charge in [0.15, 0.2) is 0 Å². The molecule has 0 spiro atoms. The van der Waals surface area contributed by atoms with Gasteiger partial charge in [0, 0.05) is 13.1 Å². The van der Waals surface area contributed by atoms with Crippen LogP contribution in [0.15, 0.2) is 53.4 Å². The monoisotopic (exact) mass is 389 g/mol. The number of carbonyl (C=O) groups excluding carboxylic acids is 1. The van der Waals surface area contributed by atoms with Crippen molar-refractivity contribution in [3.05, 3.63) is 59.7 Å². The highest BCUT2D eigenvalue weighted by molar-refractivity contribution is 7.89. The van der Waals surface area contributed by atoms with E-state index in [0.717, 1.165) is 5.56 Å². The summed E-state index contributed by atoms with van der Waals surface area (Å²) in [7, 11) is -3.63. The van der Waals surface area contributed by atoms with Gasteiger partial charge in [0.1, 0.15) is 5.75 Å². The van der Waals surface area contributed by atoms with Crippen molar-refractivity contribution in [2.45, 2.75) is 37.9 Å².